The first-order valence-corrected chi connectivity index (χ1v) is 8.72. The highest BCUT2D eigenvalue weighted by molar-refractivity contribution is 9.10. The third-order valence-corrected chi connectivity index (χ3v) is 4.61. The Labute approximate surface area is 142 Å². The number of aryl methyl sites for hydroxylation is 1. The van der Waals surface area contributed by atoms with E-state index in [0.29, 0.717) is 16.4 Å². The Morgan fingerprint density at radius 2 is 2.18 bits per heavy atom. The summed E-state index contributed by atoms with van der Waals surface area (Å²) in [5, 5.41) is 12.4. The normalized spacial score (nSPS) is 10.5. The van der Waals surface area contributed by atoms with Crippen LogP contribution in [0.1, 0.15) is 41.6 Å². The largest absolute Gasteiger partial charge is 0.496 e. The molecule has 0 aliphatic carbocycles. The summed E-state index contributed by atoms with van der Waals surface area (Å²) < 4.78 is 5.89. The van der Waals surface area contributed by atoms with Crippen molar-refractivity contribution in [1.82, 2.24) is 10.2 Å². The molecule has 22 heavy (non-hydrogen) atoms. The van der Waals surface area contributed by atoms with Crippen molar-refractivity contribution in [1.29, 1.82) is 0 Å². The number of benzene rings is 1. The van der Waals surface area contributed by atoms with Crippen LogP contribution < -0.4 is 10.1 Å². The molecule has 0 bridgehead atoms. The first-order chi connectivity index (χ1) is 10.6. The number of unbranched alkanes of at least 4 members (excludes halogenated alkanes) is 2. The number of carbonyl (C=O) groups is 1. The Bertz CT molecular complexity index is 645. The number of rotatable bonds is 7. The summed E-state index contributed by atoms with van der Waals surface area (Å²) >= 11 is 4.80. The molecule has 0 radical (unpaired) electrons. The zero-order valence-corrected chi connectivity index (χ0v) is 15.0. The van der Waals surface area contributed by atoms with Crippen molar-refractivity contribution in [2.45, 2.75) is 32.6 Å². The minimum atomic E-state index is -0.209. The van der Waals surface area contributed by atoms with Gasteiger partial charge < -0.3 is 4.74 Å². The molecule has 5 nitrogen and oxygen atoms in total. The lowest BCUT2D eigenvalue weighted by Crippen LogP contribution is -2.11. The van der Waals surface area contributed by atoms with Gasteiger partial charge in [-0.05, 0) is 40.5 Å². The summed E-state index contributed by atoms with van der Waals surface area (Å²) in [6.07, 6.45) is 4.37. The van der Waals surface area contributed by atoms with Gasteiger partial charge in [-0.15, -0.1) is 10.2 Å². The Balaban J connectivity index is 1.98. The molecule has 1 heterocycles. The molecule has 2 rings (SSSR count). The fourth-order valence-corrected chi connectivity index (χ4v) is 3.23. The van der Waals surface area contributed by atoms with E-state index in [9.17, 15) is 4.79 Å². The molecule has 0 saturated heterocycles. The number of nitrogens with one attached hydrogen (secondary N) is 1. The Morgan fingerprint density at radius 3 is 2.86 bits per heavy atom. The molecule has 0 aliphatic heterocycles. The van der Waals surface area contributed by atoms with Crippen LogP contribution in [0.5, 0.6) is 5.75 Å². The smallest absolute Gasteiger partial charge is 0.257 e. The molecule has 0 saturated carbocycles. The van der Waals surface area contributed by atoms with E-state index >= 15 is 0 Å². The van der Waals surface area contributed by atoms with E-state index in [0.717, 1.165) is 22.3 Å². The second-order valence-electron chi connectivity index (χ2n) is 4.76. The van der Waals surface area contributed by atoms with Gasteiger partial charge in [0.2, 0.25) is 5.13 Å². The number of nitrogens with zero attached hydrogens (tertiary/aromatic N) is 2. The maximum Gasteiger partial charge on any atom is 0.257 e. The zero-order valence-electron chi connectivity index (χ0n) is 12.6. The minimum absolute atomic E-state index is 0.209. The Morgan fingerprint density at radius 1 is 1.36 bits per heavy atom. The summed E-state index contributed by atoms with van der Waals surface area (Å²) in [7, 11) is 1.58. The van der Waals surface area contributed by atoms with Gasteiger partial charge in [-0.1, -0.05) is 31.1 Å². The van der Waals surface area contributed by atoms with Gasteiger partial charge in [-0.2, -0.15) is 0 Å². The van der Waals surface area contributed by atoms with Gasteiger partial charge >= 0.3 is 0 Å². The number of hydrogen-bond acceptors (Lipinski definition) is 5. The van der Waals surface area contributed by atoms with Gasteiger partial charge in [0.1, 0.15) is 10.8 Å². The highest BCUT2D eigenvalue weighted by atomic mass is 79.9. The number of hydrogen-bond donors (Lipinski definition) is 1. The first kappa shape index (κ1) is 16.9. The van der Waals surface area contributed by atoms with Crippen molar-refractivity contribution >= 4 is 38.3 Å². The predicted octanol–water partition coefficient (Wildman–Crippen LogP) is 4.29. The highest BCUT2D eigenvalue weighted by Crippen LogP contribution is 2.26. The van der Waals surface area contributed by atoms with Crippen molar-refractivity contribution < 1.29 is 9.53 Å². The Kier molecular flexibility index (Phi) is 6.33. The predicted molar refractivity (Wildman–Crippen MR) is 91.8 cm³/mol. The lowest BCUT2D eigenvalue weighted by Gasteiger charge is -2.05. The summed E-state index contributed by atoms with van der Waals surface area (Å²) in [5.41, 5.74) is 0.537. The first-order valence-electron chi connectivity index (χ1n) is 7.11. The maximum atomic E-state index is 12.2. The monoisotopic (exact) mass is 383 g/mol. The molecule has 0 aliphatic rings. The minimum Gasteiger partial charge on any atom is -0.496 e. The van der Waals surface area contributed by atoms with E-state index in [2.05, 4.69) is 38.4 Å². The fraction of sp³-hybridized carbons (Fsp3) is 0.400. The van der Waals surface area contributed by atoms with Crippen LogP contribution in [0, 0.1) is 0 Å². The van der Waals surface area contributed by atoms with Gasteiger partial charge in [0.15, 0.2) is 0 Å². The fourth-order valence-electron chi connectivity index (χ4n) is 1.91. The summed E-state index contributed by atoms with van der Waals surface area (Å²) in [5.74, 6) is 0.477. The number of aromatic nitrogens is 2. The molecule has 0 spiro atoms. The summed E-state index contributed by atoms with van der Waals surface area (Å²) in [6, 6.07) is 5.18. The Hall–Kier alpha value is -1.47. The van der Waals surface area contributed by atoms with Crippen LogP contribution in [-0.4, -0.2) is 23.2 Å². The van der Waals surface area contributed by atoms with Crippen LogP contribution in [0.3, 0.4) is 0 Å². The number of ether oxygens (including phenoxy) is 1. The third-order valence-electron chi connectivity index (χ3n) is 3.10. The molecule has 0 fully saturated rings. The second kappa shape index (κ2) is 8.24. The van der Waals surface area contributed by atoms with Crippen molar-refractivity contribution in [3.05, 3.63) is 33.2 Å². The SMILES string of the molecule is CCCCCc1nnc(NC(=O)c2ccc(OC)c(Br)c2)s1. The number of anilines is 1. The quantitative estimate of drug-likeness (QED) is 0.724. The third kappa shape index (κ3) is 4.51. The summed E-state index contributed by atoms with van der Waals surface area (Å²) in [6.45, 7) is 2.17. The molecular formula is C15H18BrN3O2S. The van der Waals surface area contributed by atoms with Gasteiger partial charge in [0.25, 0.3) is 5.91 Å². The molecule has 0 unspecified atom stereocenters. The van der Waals surface area contributed by atoms with Gasteiger partial charge in [-0.3, -0.25) is 10.1 Å². The summed E-state index contributed by atoms with van der Waals surface area (Å²) in [4.78, 5) is 12.2. The number of amides is 1. The van der Waals surface area contributed by atoms with E-state index in [1.165, 1.54) is 24.2 Å². The van der Waals surface area contributed by atoms with Gasteiger partial charge in [0.05, 0.1) is 11.6 Å². The van der Waals surface area contributed by atoms with Crippen LogP contribution in [0.4, 0.5) is 5.13 Å². The highest BCUT2D eigenvalue weighted by Gasteiger charge is 2.12. The van der Waals surface area contributed by atoms with Crippen molar-refractivity contribution in [3.63, 3.8) is 0 Å². The zero-order chi connectivity index (χ0) is 15.9. The van der Waals surface area contributed by atoms with E-state index in [1.54, 1.807) is 25.3 Å². The molecule has 1 aromatic heterocycles. The molecule has 1 aromatic carbocycles. The second-order valence-corrected chi connectivity index (χ2v) is 6.68. The molecule has 1 amide bonds. The lowest BCUT2D eigenvalue weighted by molar-refractivity contribution is 0.102. The molecule has 2 aromatic rings. The molecule has 7 heteroatoms. The standard InChI is InChI=1S/C15H18BrN3O2S/c1-3-4-5-6-13-18-19-15(22-13)17-14(20)10-7-8-12(21-2)11(16)9-10/h7-9H,3-6H2,1-2H3,(H,17,19,20). The van der Waals surface area contributed by atoms with Gasteiger partial charge in [-0.25, -0.2) is 0 Å². The lowest BCUT2D eigenvalue weighted by atomic mass is 10.2. The van der Waals surface area contributed by atoms with Gasteiger partial charge in [0, 0.05) is 12.0 Å². The average molecular weight is 384 g/mol. The van der Waals surface area contributed by atoms with Crippen LogP contribution in [0.25, 0.3) is 0 Å². The van der Waals surface area contributed by atoms with Crippen LogP contribution in [0.15, 0.2) is 22.7 Å². The molecule has 0 atom stereocenters. The number of methoxy groups -OCH3 is 1. The molecular weight excluding hydrogens is 366 g/mol. The van der Waals surface area contributed by atoms with Crippen LogP contribution in [0.2, 0.25) is 0 Å². The van der Waals surface area contributed by atoms with Crippen molar-refractivity contribution in [2.24, 2.45) is 0 Å². The topological polar surface area (TPSA) is 64.1 Å². The van der Waals surface area contributed by atoms with Crippen LogP contribution >= 0.6 is 27.3 Å². The van der Waals surface area contributed by atoms with E-state index in [-0.39, 0.29) is 5.91 Å². The van der Waals surface area contributed by atoms with Crippen molar-refractivity contribution in [2.75, 3.05) is 12.4 Å². The van der Waals surface area contributed by atoms with E-state index < -0.39 is 0 Å². The average Bonchev–Trinajstić information content (AvgIpc) is 2.95. The number of halogens is 1. The molecule has 1 N–H and O–H groups in total. The van der Waals surface area contributed by atoms with E-state index in [1.807, 2.05) is 0 Å². The maximum absolute atomic E-state index is 12.2. The number of carbonyl (C=O) groups excluding carboxylic acids is 1. The van der Waals surface area contributed by atoms with Crippen LogP contribution in [-0.2, 0) is 6.42 Å². The van der Waals surface area contributed by atoms with E-state index in [4.69, 9.17) is 4.74 Å². The van der Waals surface area contributed by atoms with Crippen molar-refractivity contribution in [3.8, 4) is 5.75 Å². The molecule has 118 valence electrons.